The molecule has 4 rings (SSSR count). The van der Waals surface area contributed by atoms with Crippen molar-refractivity contribution in [3.63, 3.8) is 0 Å². The van der Waals surface area contributed by atoms with Crippen LogP contribution in [0.3, 0.4) is 0 Å². The molecule has 3 aromatic rings. The standard InChI is InChI=1S/C21H16F2N4O2/c1-25-12-27(20-18(25)19(28)24-21(29)26(20)2)17-15(22)10-14(11-16(17)23)9-8-13-6-4-3-5-7-13/h3-7,10-11H,12H2,1-2H3,(H,24,28,29). The zero-order chi connectivity index (χ0) is 20.7. The molecule has 146 valence electrons. The molecule has 0 unspecified atom stereocenters. The third kappa shape index (κ3) is 3.17. The average Bonchev–Trinajstić information content (AvgIpc) is 3.02. The van der Waals surface area contributed by atoms with Crippen molar-refractivity contribution < 1.29 is 8.78 Å². The van der Waals surface area contributed by atoms with Gasteiger partial charge in [0.1, 0.15) is 17.2 Å². The van der Waals surface area contributed by atoms with E-state index < -0.39 is 22.9 Å². The molecule has 1 aromatic heterocycles. The number of nitrogens with zero attached hydrogens (tertiary/aromatic N) is 3. The van der Waals surface area contributed by atoms with Crippen LogP contribution in [0.1, 0.15) is 11.1 Å². The zero-order valence-corrected chi connectivity index (χ0v) is 15.7. The number of nitrogens with one attached hydrogen (secondary N) is 1. The van der Waals surface area contributed by atoms with Crippen LogP contribution in [0.5, 0.6) is 0 Å². The maximum absolute atomic E-state index is 14.9. The molecule has 0 atom stereocenters. The Bertz CT molecular complexity index is 1260. The van der Waals surface area contributed by atoms with Crippen LogP contribution in [0.15, 0.2) is 52.1 Å². The maximum Gasteiger partial charge on any atom is 0.329 e. The Labute approximate surface area is 164 Å². The second-order valence-electron chi connectivity index (χ2n) is 6.66. The lowest BCUT2D eigenvalue weighted by Crippen LogP contribution is -2.31. The number of fused-ring (bicyclic) bond motifs is 1. The van der Waals surface area contributed by atoms with Gasteiger partial charge in [-0.3, -0.25) is 14.3 Å². The second-order valence-corrected chi connectivity index (χ2v) is 6.66. The first-order valence-corrected chi connectivity index (χ1v) is 8.75. The molecule has 29 heavy (non-hydrogen) atoms. The summed E-state index contributed by atoms with van der Waals surface area (Å²) >= 11 is 0. The fourth-order valence-corrected chi connectivity index (χ4v) is 3.34. The summed E-state index contributed by atoms with van der Waals surface area (Å²) in [6.45, 7) is 0.0125. The van der Waals surface area contributed by atoms with Crippen molar-refractivity contribution in [3.05, 3.63) is 86.1 Å². The van der Waals surface area contributed by atoms with E-state index in [1.165, 1.54) is 16.8 Å². The summed E-state index contributed by atoms with van der Waals surface area (Å²) in [7, 11) is 3.03. The fraction of sp³-hybridized carbons (Fsp3) is 0.143. The monoisotopic (exact) mass is 394 g/mol. The number of rotatable bonds is 1. The molecule has 1 N–H and O–H groups in total. The minimum atomic E-state index is -0.837. The Kier molecular flexibility index (Phi) is 4.43. The molecule has 2 aromatic carbocycles. The van der Waals surface area contributed by atoms with Gasteiger partial charge in [-0.05, 0) is 24.3 Å². The summed E-state index contributed by atoms with van der Waals surface area (Å²) in [5.41, 5.74) is -0.554. The van der Waals surface area contributed by atoms with Crippen molar-refractivity contribution in [3.8, 4) is 11.8 Å². The number of halogens is 2. The number of H-pyrrole nitrogens is 1. The lowest BCUT2D eigenvalue weighted by Gasteiger charge is -2.21. The van der Waals surface area contributed by atoms with E-state index in [0.29, 0.717) is 0 Å². The summed E-state index contributed by atoms with van der Waals surface area (Å²) in [5.74, 6) is 4.06. The lowest BCUT2D eigenvalue weighted by molar-refractivity contribution is 0.579. The van der Waals surface area contributed by atoms with E-state index >= 15 is 0 Å². The molecule has 0 fully saturated rings. The number of hydrogen-bond acceptors (Lipinski definition) is 4. The normalized spacial score (nSPS) is 12.6. The van der Waals surface area contributed by atoms with Gasteiger partial charge in [0, 0.05) is 25.2 Å². The summed E-state index contributed by atoms with van der Waals surface area (Å²) in [6, 6.07) is 11.4. The molecule has 0 radical (unpaired) electrons. The van der Waals surface area contributed by atoms with E-state index in [1.807, 2.05) is 18.2 Å². The first-order valence-electron chi connectivity index (χ1n) is 8.75. The highest BCUT2D eigenvalue weighted by Crippen LogP contribution is 2.38. The fourth-order valence-electron chi connectivity index (χ4n) is 3.34. The van der Waals surface area contributed by atoms with Crippen LogP contribution in [0.4, 0.5) is 26.0 Å². The number of hydrogen-bond donors (Lipinski definition) is 1. The van der Waals surface area contributed by atoms with Crippen LogP contribution < -0.4 is 21.0 Å². The van der Waals surface area contributed by atoms with Gasteiger partial charge in [-0.1, -0.05) is 30.0 Å². The van der Waals surface area contributed by atoms with Crippen LogP contribution in [0.2, 0.25) is 0 Å². The average molecular weight is 394 g/mol. The third-order valence-corrected chi connectivity index (χ3v) is 4.67. The van der Waals surface area contributed by atoms with Gasteiger partial charge in [0.25, 0.3) is 5.56 Å². The van der Waals surface area contributed by atoms with Crippen molar-refractivity contribution in [1.82, 2.24) is 9.55 Å². The molecule has 0 saturated heterocycles. The number of anilines is 3. The highest BCUT2D eigenvalue weighted by atomic mass is 19.1. The quantitative estimate of drug-likeness (QED) is 0.644. The van der Waals surface area contributed by atoms with E-state index in [2.05, 4.69) is 16.8 Å². The van der Waals surface area contributed by atoms with Crippen LogP contribution in [0, 0.1) is 23.5 Å². The molecular weight excluding hydrogens is 378 g/mol. The Hall–Kier alpha value is -3.86. The Morgan fingerprint density at radius 1 is 0.931 bits per heavy atom. The van der Waals surface area contributed by atoms with Crippen molar-refractivity contribution in [2.24, 2.45) is 7.05 Å². The SMILES string of the molecule is CN1CN(c2c(F)cc(C#Cc3ccccc3)cc2F)c2c1c(=O)[nH]c(=O)n2C. The van der Waals surface area contributed by atoms with Crippen LogP contribution in [-0.4, -0.2) is 23.3 Å². The van der Waals surface area contributed by atoms with E-state index in [9.17, 15) is 18.4 Å². The molecule has 0 spiro atoms. The lowest BCUT2D eigenvalue weighted by atomic mass is 10.1. The predicted octanol–water partition coefficient (Wildman–Crippen LogP) is 2.30. The summed E-state index contributed by atoms with van der Waals surface area (Å²) in [5, 5.41) is 0. The topological polar surface area (TPSA) is 61.3 Å². The molecule has 0 bridgehead atoms. The molecular formula is C21H16F2N4O2. The molecule has 2 heterocycles. The zero-order valence-electron chi connectivity index (χ0n) is 15.7. The Morgan fingerprint density at radius 2 is 1.55 bits per heavy atom. The molecule has 0 saturated carbocycles. The number of aromatic nitrogens is 2. The van der Waals surface area contributed by atoms with Crippen molar-refractivity contribution in [1.29, 1.82) is 0 Å². The van der Waals surface area contributed by atoms with Gasteiger partial charge in [-0.15, -0.1) is 0 Å². The smallest absolute Gasteiger partial charge is 0.329 e. The van der Waals surface area contributed by atoms with Crippen molar-refractivity contribution in [2.75, 3.05) is 23.5 Å². The van der Waals surface area contributed by atoms with E-state index in [-0.39, 0.29) is 29.4 Å². The molecule has 0 amide bonds. The van der Waals surface area contributed by atoms with Crippen LogP contribution in [0.25, 0.3) is 0 Å². The molecule has 1 aliphatic heterocycles. The van der Waals surface area contributed by atoms with Crippen LogP contribution in [-0.2, 0) is 7.05 Å². The highest BCUT2D eigenvalue weighted by molar-refractivity contribution is 5.79. The summed E-state index contributed by atoms with van der Waals surface area (Å²) in [6.07, 6.45) is 0. The van der Waals surface area contributed by atoms with Crippen LogP contribution >= 0.6 is 0 Å². The van der Waals surface area contributed by atoms with Gasteiger partial charge in [0.2, 0.25) is 0 Å². The van der Waals surface area contributed by atoms with Gasteiger partial charge in [0.05, 0.1) is 6.67 Å². The first-order chi connectivity index (χ1) is 13.9. The molecule has 0 aliphatic carbocycles. The third-order valence-electron chi connectivity index (χ3n) is 4.67. The number of aromatic amines is 1. The van der Waals surface area contributed by atoms with Gasteiger partial charge >= 0.3 is 5.69 Å². The van der Waals surface area contributed by atoms with Crippen molar-refractivity contribution in [2.45, 2.75) is 0 Å². The Morgan fingerprint density at radius 3 is 2.21 bits per heavy atom. The van der Waals surface area contributed by atoms with E-state index in [1.54, 1.807) is 19.2 Å². The van der Waals surface area contributed by atoms with Gasteiger partial charge in [-0.2, -0.15) is 0 Å². The highest BCUT2D eigenvalue weighted by Gasteiger charge is 2.33. The Balaban J connectivity index is 1.80. The predicted molar refractivity (Wildman–Crippen MR) is 106 cm³/mol. The number of benzene rings is 2. The van der Waals surface area contributed by atoms with Gasteiger partial charge in [-0.25, -0.2) is 13.6 Å². The van der Waals surface area contributed by atoms with Gasteiger partial charge < -0.3 is 9.80 Å². The minimum Gasteiger partial charge on any atom is -0.349 e. The first kappa shape index (κ1) is 18.5. The minimum absolute atomic E-state index is 0.0125. The van der Waals surface area contributed by atoms with E-state index in [0.717, 1.165) is 22.3 Å². The summed E-state index contributed by atoms with van der Waals surface area (Å²) < 4.78 is 31.0. The maximum atomic E-state index is 14.9. The molecule has 1 aliphatic rings. The summed E-state index contributed by atoms with van der Waals surface area (Å²) in [4.78, 5) is 29.1. The largest absolute Gasteiger partial charge is 0.349 e. The van der Waals surface area contributed by atoms with Gasteiger partial charge in [0.15, 0.2) is 11.6 Å². The molecule has 6 nitrogen and oxygen atoms in total. The van der Waals surface area contributed by atoms with Crippen molar-refractivity contribution >= 4 is 17.2 Å². The molecule has 8 heteroatoms. The second kappa shape index (κ2) is 6.95. The van der Waals surface area contributed by atoms with E-state index in [4.69, 9.17) is 0 Å².